The van der Waals surface area contributed by atoms with Gasteiger partial charge < -0.3 is 5.32 Å². The highest BCUT2D eigenvalue weighted by Crippen LogP contribution is 2.25. The average molecular weight is 503 g/mol. The van der Waals surface area contributed by atoms with Crippen molar-refractivity contribution in [3.63, 3.8) is 0 Å². The Bertz CT molecular complexity index is 1480. The standard InChI is InChI=1S/C22H20ClFN6O3S/c1-13(19-5-3-4-10-25-19)28-34(32,33)29-15-6-8-16-20(12-15)27-30(2)21(16)22(31)26-14-7-9-18(24)17(23)11-14/h3-13,28-29H,1-2H3,(H,26,31)/t13-/m1/s1. The summed E-state index contributed by atoms with van der Waals surface area (Å²) in [5, 5.41) is 7.36. The van der Waals surface area contributed by atoms with Gasteiger partial charge in [-0.05, 0) is 55.5 Å². The van der Waals surface area contributed by atoms with E-state index in [2.05, 4.69) is 24.8 Å². The second kappa shape index (κ2) is 9.37. The molecule has 0 saturated heterocycles. The topological polar surface area (TPSA) is 118 Å². The van der Waals surface area contributed by atoms with E-state index in [0.717, 1.165) is 6.07 Å². The van der Waals surface area contributed by atoms with E-state index < -0.39 is 28.0 Å². The summed E-state index contributed by atoms with van der Waals surface area (Å²) in [6.45, 7) is 1.68. The second-order valence-corrected chi connectivity index (χ2v) is 9.34. The van der Waals surface area contributed by atoms with Crippen molar-refractivity contribution in [2.75, 3.05) is 10.0 Å². The third-order valence-corrected chi connectivity index (χ3v) is 6.40. The number of carbonyl (C=O) groups is 1. The summed E-state index contributed by atoms with van der Waals surface area (Å²) >= 11 is 5.78. The molecule has 34 heavy (non-hydrogen) atoms. The van der Waals surface area contributed by atoms with Crippen molar-refractivity contribution in [3.8, 4) is 0 Å². The molecule has 4 rings (SSSR count). The minimum absolute atomic E-state index is 0.115. The minimum Gasteiger partial charge on any atom is -0.321 e. The van der Waals surface area contributed by atoms with Gasteiger partial charge in [-0.3, -0.25) is 19.2 Å². The number of amides is 1. The third kappa shape index (κ3) is 5.16. The number of nitrogens with zero attached hydrogens (tertiary/aromatic N) is 3. The number of anilines is 2. The lowest BCUT2D eigenvalue weighted by molar-refractivity contribution is 0.101. The van der Waals surface area contributed by atoms with Crippen molar-refractivity contribution in [1.82, 2.24) is 19.5 Å². The molecule has 176 valence electrons. The zero-order valence-corrected chi connectivity index (χ0v) is 19.7. The van der Waals surface area contributed by atoms with Gasteiger partial charge >= 0.3 is 0 Å². The smallest absolute Gasteiger partial charge is 0.299 e. The Kier molecular flexibility index (Phi) is 6.51. The van der Waals surface area contributed by atoms with Crippen LogP contribution in [-0.4, -0.2) is 29.1 Å². The highest BCUT2D eigenvalue weighted by molar-refractivity contribution is 7.90. The average Bonchev–Trinajstić information content (AvgIpc) is 3.11. The van der Waals surface area contributed by atoms with Crippen molar-refractivity contribution < 1.29 is 17.6 Å². The van der Waals surface area contributed by atoms with E-state index in [0.29, 0.717) is 22.3 Å². The Balaban J connectivity index is 1.53. The van der Waals surface area contributed by atoms with Crippen LogP contribution in [0.4, 0.5) is 15.8 Å². The summed E-state index contributed by atoms with van der Waals surface area (Å²) in [6, 6.07) is 13.2. The summed E-state index contributed by atoms with van der Waals surface area (Å²) in [7, 11) is -2.33. The Morgan fingerprint density at radius 1 is 1.12 bits per heavy atom. The fraction of sp³-hybridized carbons (Fsp3) is 0.136. The fourth-order valence-electron chi connectivity index (χ4n) is 3.41. The minimum atomic E-state index is -3.92. The van der Waals surface area contributed by atoms with Crippen LogP contribution in [-0.2, 0) is 17.3 Å². The van der Waals surface area contributed by atoms with Crippen LogP contribution in [0, 0.1) is 5.82 Å². The molecule has 0 fully saturated rings. The van der Waals surface area contributed by atoms with Crippen LogP contribution in [0.2, 0.25) is 5.02 Å². The lowest BCUT2D eigenvalue weighted by Gasteiger charge is -2.15. The monoisotopic (exact) mass is 502 g/mol. The van der Waals surface area contributed by atoms with Crippen molar-refractivity contribution in [3.05, 3.63) is 83.0 Å². The number of benzene rings is 2. The van der Waals surface area contributed by atoms with Gasteiger partial charge in [0.05, 0.1) is 28.0 Å². The fourth-order valence-corrected chi connectivity index (χ4v) is 4.67. The van der Waals surface area contributed by atoms with Crippen molar-refractivity contribution in [2.45, 2.75) is 13.0 Å². The maximum absolute atomic E-state index is 13.4. The molecule has 1 amide bonds. The molecule has 9 nitrogen and oxygen atoms in total. The zero-order chi connectivity index (χ0) is 24.5. The van der Waals surface area contributed by atoms with E-state index in [9.17, 15) is 17.6 Å². The molecular weight excluding hydrogens is 483 g/mol. The molecule has 0 aliphatic carbocycles. The molecule has 0 unspecified atom stereocenters. The van der Waals surface area contributed by atoms with Crippen LogP contribution >= 0.6 is 11.6 Å². The summed E-state index contributed by atoms with van der Waals surface area (Å²) < 4.78 is 44.9. The zero-order valence-electron chi connectivity index (χ0n) is 18.1. The van der Waals surface area contributed by atoms with Gasteiger partial charge in [-0.1, -0.05) is 17.7 Å². The Morgan fingerprint density at radius 2 is 1.88 bits per heavy atom. The van der Waals surface area contributed by atoms with E-state index in [1.54, 1.807) is 44.4 Å². The van der Waals surface area contributed by atoms with Crippen molar-refractivity contribution in [1.29, 1.82) is 0 Å². The number of aryl methyl sites for hydroxylation is 1. The number of aromatic nitrogens is 3. The predicted octanol–water partition coefficient (Wildman–Crippen LogP) is 4.02. The van der Waals surface area contributed by atoms with Gasteiger partial charge in [0.2, 0.25) is 0 Å². The van der Waals surface area contributed by atoms with E-state index in [1.807, 2.05) is 0 Å². The van der Waals surface area contributed by atoms with Gasteiger partial charge in [-0.25, -0.2) is 4.39 Å². The van der Waals surface area contributed by atoms with Gasteiger partial charge in [0.25, 0.3) is 16.1 Å². The summed E-state index contributed by atoms with van der Waals surface area (Å²) in [4.78, 5) is 17.0. The number of halogens is 2. The van der Waals surface area contributed by atoms with Crippen LogP contribution in [0.3, 0.4) is 0 Å². The molecule has 2 aromatic heterocycles. The molecule has 0 spiro atoms. The van der Waals surface area contributed by atoms with Gasteiger partial charge in [0.15, 0.2) is 0 Å². The molecular formula is C22H20ClFN6O3S. The third-order valence-electron chi connectivity index (χ3n) is 4.94. The Hall–Kier alpha value is -3.54. The molecule has 4 aromatic rings. The molecule has 2 heterocycles. The number of nitrogens with one attached hydrogen (secondary N) is 3. The Morgan fingerprint density at radius 3 is 2.59 bits per heavy atom. The molecule has 0 bridgehead atoms. The molecule has 0 aliphatic heterocycles. The molecule has 1 atom stereocenters. The number of rotatable bonds is 7. The van der Waals surface area contributed by atoms with Crippen LogP contribution in [0.1, 0.15) is 29.1 Å². The molecule has 0 aliphatic rings. The highest BCUT2D eigenvalue weighted by Gasteiger charge is 2.20. The normalized spacial score (nSPS) is 12.5. The first-order valence-corrected chi connectivity index (χ1v) is 11.9. The Labute approximate surface area is 200 Å². The van der Waals surface area contributed by atoms with Gasteiger partial charge in [-0.15, -0.1) is 0 Å². The number of carbonyl (C=O) groups excluding carboxylic acids is 1. The van der Waals surface area contributed by atoms with Crippen LogP contribution < -0.4 is 14.8 Å². The highest BCUT2D eigenvalue weighted by atomic mass is 35.5. The van der Waals surface area contributed by atoms with Gasteiger partial charge in [0, 0.05) is 24.3 Å². The SMILES string of the molecule is C[C@@H](NS(=O)(=O)Nc1ccc2c(C(=O)Nc3ccc(F)c(Cl)c3)n(C)nc2c1)c1ccccn1. The summed E-state index contributed by atoms with van der Waals surface area (Å²) in [6.07, 6.45) is 1.58. The maximum atomic E-state index is 13.4. The quantitative estimate of drug-likeness (QED) is 0.353. The van der Waals surface area contributed by atoms with Crippen LogP contribution in [0.5, 0.6) is 0 Å². The number of fused-ring (bicyclic) bond motifs is 1. The van der Waals surface area contributed by atoms with Crippen molar-refractivity contribution in [2.24, 2.45) is 7.05 Å². The first-order valence-electron chi connectivity index (χ1n) is 10.1. The van der Waals surface area contributed by atoms with E-state index in [-0.39, 0.29) is 16.4 Å². The lowest BCUT2D eigenvalue weighted by Crippen LogP contribution is -2.32. The largest absolute Gasteiger partial charge is 0.321 e. The molecule has 2 aromatic carbocycles. The number of hydrogen-bond acceptors (Lipinski definition) is 5. The van der Waals surface area contributed by atoms with Gasteiger partial charge in [-0.2, -0.15) is 18.2 Å². The molecule has 3 N–H and O–H groups in total. The number of pyridine rings is 1. The van der Waals surface area contributed by atoms with Crippen LogP contribution in [0.25, 0.3) is 10.9 Å². The first-order chi connectivity index (χ1) is 16.1. The first kappa shape index (κ1) is 23.6. The van der Waals surface area contributed by atoms with E-state index >= 15 is 0 Å². The predicted molar refractivity (Wildman–Crippen MR) is 128 cm³/mol. The van der Waals surface area contributed by atoms with Crippen molar-refractivity contribution >= 4 is 50.0 Å². The van der Waals surface area contributed by atoms with Gasteiger partial charge in [0.1, 0.15) is 11.5 Å². The molecule has 0 saturated carbocycles. The van der Waals surface area contributed by atoms with E-state index in [1.165, 1.54) is 28.9 Å². The molecule has 0 radical (unpaired) electrons. The maximum Gasteiger partial charge on any atom is 0.299 e. The second-order valence-electron chi connectivity index (χ2n) is 7.49. The molecule has 12 heteroatoms. The summed E-state index contributed by atoms with van der Waals surface area (Å²) in [5.74, 6) is -1.07. The summed E-state index contributed by atoms with van der Waals surface area (Å²) in [5.41, 5.74) is 1.81. The lowest BCUT2D eigenvalue weighted by atomic mass is 10.2. The number of hydrogen-bond donors (Lipinski definition) is 3. The van der Waals surface area contributed by atoms with Crippen LogP contribution in [0.15, 0.2) is 60.8 Å². The van der Waals surface area contributed by atoms with E-state index in [4.69, 9.17) is 11.6 Å².